The van der Waals surface area contributed by atoms with E-state index in [1.165, 1.54) is 9.80 Å². The highest BCUT2D eigenvalue weighted by atomic mass is 16.3. The van der Waals surface area contributed by atoms with Gasteiger partial charge in [-0.15, -0.1) is 0 Å². The highest BCUT2D eigenvalue weighted by molar-refractivity contribution is 6.06. The molecule has 0 aromatic carbocycles. The predicted octanol–water partition coefficient (Wildman–Crippen LogP) is 1.21. The van der Waals surface area contributed by atoms with Gasteiger partial charge in [0.15, 0.2) is 0 Å². The van der Waals surface area contributed by atoms with Gasteiger partial charge >= 0.3 is 6.03 Å². The molecule has 5 heteroatoms. The third-order valence-corrected chi connectivity index (χ3v) is 3.49. The summed E-state index contributed by atoms with van der Waals surface area (Å²) < 4.78 is 0. The number of hydrogen-bond donors (Lipinski definition) is 1. The van der Waals surface area contributed by atoms with Crippen LogP contribution in [0.5, 0.6) is 0 Å². The molecular formula is C12H22N2O3. The average molecular weight is 242 g/mol. The molecule has 0 spiro atoms. The zero-order chi connectivity index (χ0) is 13.4. The van der Waals surface area contributed by atoms with E-state index in [4.69, 9.17) is 0 Å². The monoisotopic (exact) mass is 242 g/mol. The van der Waals surface area contributed by atoms with Gasteiger partial charge in [-0.1, -0.05) is 6.92 Å². The number of urea groups is 1. The second-order valence-corrected chi connectivity index (χ2v) is 5.18. The molecule has 2 unspecified atom stereocenters. The van der Waals surface area contributed by atoms with Crippen molar-refractivity contribution in [3.05, 3.63) is 0 Å². The zero-order valence-electron chi connectivity index (χ0n) is 11.2. The lowest BCUT2D eigenvalue weighted by Gasteiger charge is -2.32. The number of nitrogens with zero attached hydrogens (tertiary/aromatic N) is 2. The Balaban J connectivity index is 3.11. The second-order valence-electron chi connectivity index (χ2n) is 5.18. The van der Waals surface area contributed by atoms with E-state index >= 15 is 0 Å². The van der Waals surface area contributed by atoms with Gasteiger partial charge in [0, 0.05) is 6.04 Å². The molecule has 0 aliphatic carbocycles. The van der Waals surface area contributed by atoms with E-state index in [0.717, 1.165) is 6.42 Å². The number of aliphatic hydroxyl groups excluding tert-OH is 1. The first-order valence-electron chi connectivity index (χ1n) is 6.06. The third-order valence-electron chi connectivity index (χ3n) is 3.49. The Labute approximate surface area is 102 Å². The summed E-state index contributed by atoms with van der Waals surface area (Å²) in [5.41, 5.74) is -0.872. The van der Waals surface area contributed by atoms with Crippen LogP contribution in [0.1, 0.15) is 41.0 Å². The molecule has 0 aromatic rings. The Bertz CT molecular complexity index is 328. The first-order valence-corrected chi connectivity index (χ1v) is 6.06. The van der Waals surface area contributed by atoms with Crippen molar-refractivity contribution < 1.29 is 14.7 Å². The number of amides is 3. The molecule has 1 saturated heterocycles. The van der Waals surface area contributed by atoms with Gasteiger partial charge in [0.05, 0.1) is 12.6 Å². The molecule has 17 heavy (non-hydrogen) atoms. The smallest absolute Gasteiger partial charge is 0.328 e. The summed E-state index contributed by atoms with van der Waals surface area (Å²) in [5.74, 6) is -0.183. The van der Waals surface area contributed by atoms with Gasteiger partial charge < -0.3 is 10.0 Å². The summed E-state index contributed by atoms with van der Waals surface area (Å²) in [5, 5.41) is 9.19. The van der Waals surface area contributed by atoms with Crippen LogP contribution >= 0.6 is 0 Å². The van der Waals surface area contributed by atoms with Crippen LogP contribution in [0.2, 0.25) is 0 Å². The number of imide groups is 1. The van der Waals surface area contributed by atoms with Gasteiger partial charge in [-0.2, -0.15) is 0 Å². The molecule has 3 amide bonds. The van der Waals surface area contributed by atoms with Crippen LogP contribution in [0.15, 0.2) is 0 Å². The maximum Gasteiger partial charge on any atom is 0.328 e. The zero-order valence-corrected chi connectivity index (χ0v) is 11.2. The van der Waals surface area contributed by atoms with Gasteiger partial charge in [-0.25, -0.2) is 4.79 Å². The Hall–Kier alpha value is -1.10. The van der Waals surface area contributed by atoms with Crippen molar-refractivity contribution in [1.29, 1.82) is 0 Å². The molecule has 2 atom stereocenters. The van der Waals surface area contributed by atoms with Gasteiger partial charge in [-0.3, -0.25) is 9.69 Å². The maximum absolute atomic E-state index is 12.3. The van der Waals surface area contributed by atoms with Crippen molar-refractivity contribution in [3.63, 3.8) is 0 Å². The Morgan fingerprint density at radius 1 is 1.24 bits per heavy atom. The van der Waals surface area contributed by atoms with E-state index in [-0.39, 0.29) is 30.6 Å². The van der Waals surface area contributed by atoms with Crippen molar-refractivity contribution >= 4 is 11.9 Å². The van der Waals surface area contributed by atoms with E-state index in [2.05, 4.69) is 0 Å². The SMILES string of the molecule is CCC(C)N1C(=O)N(C(C)CO)C(C)(C)C1=O. The van der Waals surface area contributed by atoms with Gasteiger partial charge in [0.1, 0.15) is 5.54 Å². The lowest BCUT2D eigenvalue weighted by molar-refractivity contribution is -0.133. The molecule has 1 aliphatic heterocycles. The fourth-order valence-electron chi connectivity index (χ4n) is 2.23. The summed E-state index contributed by atoms with van der Waals surface area (Å²) in [6, 6.07) is -0.753. The average Bonchev–Trinajstić information content (AvgIpc) is 2.44. The van der Waals surface area contributed by atoms with Gasteiger partial charge in [0.2, 0.25) is 0 Å². The number of aliphatic hydroxyl groups is 1. The van der Waals surface area contributed by atoms with Crippen LogP contribution in [0, 0.1) is 0 Å². The fraction of sp³-hybridized carbons (Fsp3) is 0.833. The Morgan fingerprint density at radius 3 is 2.18 bits per heavy atom. The number of hydrogen-bond acceptors (Lipinski definition) is 3. The molecule has 1 N–H and O–H groups in total. The molecule has 1 heterocycles. The molecule has 1 aliphatic rings. The molecule has 0 saturated carbocycles. The van der Waals surface area contributed by atoms with E-state index in [1.54, 1.807) is 20.8 Å². The highest BCUT2D eigenvalue weighted by Gasteiger charge is 2.53. The van der Waals surface area contributed by atoms with Crippen LogP contribution in [-0.2, 0) is 4.79 Å². The lowest BCUT2D eigenvalue weighted by atomic mass is 10.0. The van der Waals surface area contributed by atoms with Gasteiger partial charge in [0.25, 0.3) is 5.91 Å². The standard InChI is InChI=1S/C12H22N2O3/c1-6-8(2)13-10(16)12(4,5)14(11(13)17)9(3)7-15/h8-9,15H,6-7H2,1-5H3. The molecule has 0 radical (unpaired) electrons. The highest BCUT2D eigenvalue weighted by Crippen LogP contribution is 2.31. The molecule has 0 aromatic heterocycles. The predicted molar refractivity (Wildman–Crippen MR) is 64.5 cm³/mol. The Morgan fingerprint density at radius 2 is 1.76 bits per heavy atom. The van der Waals surface area contributed by atoms with Crippen molar-refractivity contribution in [2.75, 3.05) is 6.61 Å². The van der Waals surface area contributed by atoms with Crippen molar-refractivity contribution in [3.8, 4) is 0 Å². The minimum Gasteiger partial charge on any atom is -0.394 e. The van der Waals surface area contributed by atoms with Crippen LogP contribution < -0.4 is 0 Å². The minimum absolute atomic E-state index is 0.106. The van der Waals surface area contributed by atoms with Crippen LogP contribution in [0.3, 0.4) is 0 Å². The van der Waals surface area contributed by atoms with E-state index in [9.17, 15) is 14.7 Å². The maximum atomic E-state index is 12.3. The summed E-state index contributed by atoms with van der Waals surface area (Å²) in [6.07, 6.45) is 0.731. The van der Waals surface area contributed by atoms with Crippen molar-refractivity contribution in [2.45, 2.75) is 58.7 Å². The quantitative estimate of drug-likeness (QED) is 0.754. The van der Waals surface area contributed by atoms with Crippen LogP contribution in [0.25, 0.3) is 0 Å². The van der Waals surface area contributed by atoms with Crippen molar-refractivity contribution in [1.82, 2.24) is 9.80 Å². The topological polar surface area (TPSA) is 60.9 Å². The lowest BCUT2D eigenvalue weighted by Crippen LogP contribution is -2.50. The van der Waals surface area contributed by atoms with Crippen LogP contribution in [-0.4, -0.2) is 51.1 Å². The fourth-order valence-corrected chi connectivity index (χ4v) is 2.23. The molecule has 5 nitrogen and oxygen atoms in total. The largest absolute Gasteiger partial charge is 0.394 e. The second kappa shape index (κ2) is 4.64. The van der Waals surface area contributed by atoms with Crippen molar-refractivity contribution in [2.24, 2.45) is 0 Å². The van der Waals surface area contributed by atoms with E-state index in [1.807, 2.05) is 13.8 Å². The summed E-state index contributed by atoms with van der Waals surface area (Å²) in [4.78, 5) is 27.3. The minimum atomic E-state index is -0.872. The Kier molecular flexibility index (Phi) is 3.81. The molecule has 1 fully saturated rings. The number of rotatable bonds is 4. The van der Waals surface area contributed by atoms with E-state index < -0.39 is 5.54 Å². The molecular weight excluding hydrogens is 220 g/mol. The molecule has 98 valence electrons. The van der Waals surface area contributed by atoms with Crippen LogP contribution in [0.4, 0.5) is 4.79 Å². The third kappa shape index (κ3) is 2.04. The first-order chi connectivity index (χ1) is 7.78. The summed E-state index contributed by atoms with van der Waals surface area (Å²) in [7, 11) is 0. The van der Waals surface area contributed by atoms with E-state index in [0.29, 0.717) is 0 Å². The first kappa shape index (κ1) is 14.0. The van der Waals surface area contributed by atoms with Gasteiger partial charge in [-0.05, 0) is 34.1 Å². The molecule has 0 bridgehead atoms. The summed E-state index contributed by atoms with van der Waals surface area (Å²) >= 11 is 0. The normalized spacial score (nSPS) is 23.2. The summed E-state index contributed by atoms with van der Waals surface area (Å²) in [6.45, 7) is 8.85. The molecule has 1 rings (SSSR count). The number of carbonyl (C=O) groups is 2. The number of carbonyl (C=O) groups excluding carboxylic acids is 2.